The first-order valence-electron chi connectivity index (χ1n) is 7.23. The van der Waals surface area contributed by atoms with Crippen LogP contribution in [0.2, 0.25) is 0 Å². The quantitative estimate of drug-likeness (QED) is 0.840. The second-order valence-corrected chi connectivity index (χ2v) is 6.06. The fraction of sp³-hybridized carbons (Fsp3) is 0.333. The molecule has 0 saturated heterocycles. The minimum atomic E-state index is 0.123. The van der Waals surface area contributed by atoms with Gasteiger partial charge in [0.05, 0.1) is 12.6 Å². The maximum atomic E-state index is 5.80. The van der Waals surface area contributed by atoms with E-state index in [9.17, 15) is 0 Å². The van der Waals surface area contributed by atoms with E-state index >= 15 is 0 Å². The van der Waals surface area contributed by atoms with Crippen molar-refractivity contribution in [2.45, 2.75) is 26.8 Å². The number of hydrogen-bond donors (Lipinski definition) is 1. The van der Waals surface area contributed by atoms with Crippen LogP contribution in [0.25, 0.3) is 0 Å². The summed E-state index contributed by atoms with van der Waals surface area (Å²) in [6.45, 7) is 6.91. The van der Waals surface area contributed by atoms with Crippen molar-refractivity contribution in [3.8, 4) is 5.75 Å². The summed E-state index contributed by atoms with van der Waals surface area (Å²) in [5.74, 6) is 0.947. The molecule has 1 unspecified atom stereocenters. The summed E-state index contributed by atoms with van der Waals surface area (Å²) in [6.07, 6.45) is 0. The molecule has 1 N–H and O–H groups in total. The Balaban J connectivity index is 2.49. The first-order valence-corrected chi connectivity index (χ1v) is 8.02. The summed E-state index contributed by atoms with van der Waals surface area (Å²) >= 11 is 3.56. The molecule has 0 fully saturated rings. The van der Waals surface area contributed by atoms with Gasteiger partial charge in [-0.05, 0) is 51.1 Å². The third-order valence-electron chi connectivity index (χ3n) is 3.58. The van der Waals surface area contributed by atoms with Crippen molar-refractivity contribution in [2.75, 3.05) is 13.7 Å². The summed E-state index contributed by atoms with van der Waals surface area (Å²) < 4.78 is 6.94. The van der Waals surface area contributed by atoms with E-state index in [1.165, 1.54) is 22.3 Å². The average molecular weight is 348 g/mol. The molecule has 1 atom stereocenters. The summed E-state index contributed by atoms with van der Waals surface area (Å²) in [6, 6.07) is 12.9. The maximum absolute atomic E-state index is 5.80. The van der Waals surface area contributed by atoms with Crippen molar-refractivity contribution in [1.82, 2.24) is 5.32 Å². The lowest BCUT2D eigenvalue weighted by Crippen LogP contribution is -2.19. The Morgan fingerprint density at radius 1 is 1.14 bits per heavy atom. The number of nitrogens with one attached hydrogen (secondary N) is 1. The minimum absolute atomic E-state index is 0.123. The molecule has 0 aromatic heterocycles. The van der Waals surface area contributed by atoms with Gasteiger partial charge in [-0.15, -0.1) is 0 Å². The molecule has 112 valence electrons. The molecular weight excluding hydrogens is 326 g/mol. The first kappa shape index (κ1) is 16.1. The predicted molar refractivity (Wildman–Crippen MR) is 92.1 cm³/mol. The van der Waals surface area contributed by atoms with Crippen LogP contribution in [0.1, 0.15) is 35.2 Å². The van der Waals surface area contributed by atoms with Gasteiger partial charge in [0, 0.05) is 10.0 Å². The van der Waals surface area contributed by atoms with Gasteiger partial charge in [-0.3, -0.25) is 0 Å². The molecule has 2 rings (SSSR count). The Bertz CT molecular complexity index is 625. The number of aryl methyl sites for hydroxylation is 2. The van der Waals surface area contributed by atoms with Crippen molar-refractivity contribution in [1.29, 1.82) is 0 Å². The topological polar surface area (TPSA) is 21.3 Å². The molecule has 0 aliphatic heterocycles. The average Bonchev–Trinajstić information content (AvgIpc) is 2.46. The fourth-order valence-corrected chi connectivity index (χ4v) is 2.78. The maximum Gasteiger partial charge on any atom is 0.124 e. The molecule has 0 saturated carbocycles. The number of rotatable bonds is 5. The van der Waals surface area contributed by atoms with Crippen LogP contribution in [0.5, 0.6) is 5.75 Å². The van der Waals surface area contributed by atoms with Crippen LogP contribution in [0.3, 0.4) is 0 Å². The monoisotopic (exact) mass is 347 g/mol. The summed E-state index contributed by atoms with van der Waals surface area (Å²) in [5, 5.41) is 3.41. The van der Waals surface area contributed by atoms with Crippen LogP contribution in [0.15, 0.2) is 40.9 Å². The summed E-state index contributed by atoms with van der Waals surface area (Å²) in [7, 11) is 1.99. The normalized spacial score (nSPS) is 12.2. The predicted octanol–water partition coefficient (Wildman–Crippen LogP) is 4.77. The SMILES string of the molecule is CCOc1ccc(C)cc1C(NC)c1ccc(Br)c(C)c1. The van der Waals surface area contributed by atoms with Crippen molar-refractivity contribution in [3.63, 3.8) is 0 Å². The molecule has 0 amide bonds. The Labute approximate surface area is 135 Å². The number of benzene rings is 2. The molecular formula is C18H22BrNO. The van der Waals surface area contributed by atoms with E-state index in [0.29, 0.717) is 6.61 Å². The third-order valence-corrected chi connectivity index (χ3v) is 4.47. The lowest BCUT2D eigenvalue weighted by Gasteiger charge is -2.21. The van der Waals surface area contributed by atoms with Crippen LogP contribution in [-0.2, 0) is 0 Å². The van der Waals surface area contributed by atoms with E-state index in [1.807, 2.05) is 14.0 Å². The van der Waals surface area contributed by atoms with E-state index in [0.717, 1.165) is 10.2 Å². The number of hydrogen-bond acceptors (Lipinski definition) is 2. The van der Waals surface area contributed by atoms with Gasteiger partial charge in [-0.25, -0.2) is 0 Å². The fourth-order valence-electron chi connectivity index (χ4n) is 2.53. The van der Waals surface area contributed by atoms with Gasteiger partial charge in [-0.2, -0.15) is 0 Å². The molecule has 0 spiro atoms. The highest BCUT2D eigenvalue weighted by molar-refractivity contribution is 9.10. The highest BCUT2D eigenvalue weighted by Crippen LogP contribution is 2.32. The van der Waals surface area contributed by atoms with Crippen LogP contribution < -0.4 is 10.1 Å². The highest BCUT2D eigenvalue weighted by atomic mass is 79.9. The molecule has 3 heteroatoms. The second kappa shape index (κ2) is 7.10. The summed E-state index contributed by atoms with van der Waals surface area (Å²) in [4.78, 5) is 0. The van der Waals surface area contributed by atoms with E-state index < -0.39 is 0 Å². The molecule has 0 radical (unpaired) electrons. The largest absolute Gasteiger partial charge is 0.494 e. The van der Waals surface area contributed by atoms with Crippen LogP contribution >= 0.6 is 15.9 Å². The van der Waals surface area contributed by atoms with Crippen molar-refractivity contribution in [2.24, 2.45) is 0 Å². The second-order valence-electron chi connectivity index (χ2n) is 5.20. The smallest absolute Gasteiger partial charge is 0.124 e. The molecule has 0 aliphatic carbocycles. The number of halogens is 1. The van der Waals surface area contributed by atoms with Gasteiger partial charge in [0.1, 0.15) is 5.75 Å². The van der Waals surface area contributed by atoms with Crippen LogP contribution in [-0.4, -0.2) is 13.7 Å². The molecule has 21 heavy (non-hydrogen) atoms. The van der Waals surface area contributed by atoms with E-state index in [4.69, 9.17) is 4.74 Å². The van der Waals surface area contributed by atoms with Gasteiger partial charge < -0.3 is 10.1 Å². The van der Waals surface area contributed by atoms with E-state index in [-0.39, 0.29) is 6.04 Å². The van der Waals surface area contributed by atoms with Gasteiger partial charge in [0.25, 0.3) is 0 Å². The zero-order valence-electron chi connectivity index (χ0n) is 13.0. The molecule has 0 heterocycles. The zero-order chi connectivity index (χ0) is 15.4. The van der Waals surface area contributed by atoms with Crippen molar-refractivity contribution < 1.29 is 4.74 Å². The third kappa shape index (κ3) is 3.66. The molecule has 0 bridgehead atoms. The van der Waals surface area contributed by atoms with Gasteiger partial charge in [-0.1, -0.05) is 45.8 Å². The Kier molecular flexibility index (Phi) is 5.43. The Morgan fingerprint density at radius 3 is 2.52 bits per heavy atom. The van der Waals surface area contributed by atoms with E-state index in [1.54, 1.807) is 0 Å². The van der Waals surface area contributed by atoms with Crippen LogP contribution in [0.4, 0.5) is 0 Å². The van der Waals surface area contributed by atoms with Crippen LogP contribution in [0, 0.1) is 13.8 Å². The Hall–Kier alpha value is -1.32. The van der Waals surface area contributed by atoms with Gasteiger partial charge >= 0.3 is 0 Å². The zero-order valence-corrected chi connectivity index (χ0v) is 14.6. The highest BCUT2D eigenvalue weighted by Gasteiger charge is 2.17. The Morgan fingerprint density at radius 2 is 1.90 bits per heavy atom. The lowest BCUT2D eigenvalue weighted by atomic mass is 9.95. The standard InChI is InChI=1S/C18H22BrNO/c1-5-21-17-9-6-12(2)10-15(17)18(20-4)14-7-8-16(19)13(3)11-14/h6-11,18,20H,5H2,1-4H3. The molecule has 0 aliphatic rings. The van der Waals surface area contributed by atoms with Gasteiger partial charge in [0.15, 0.2) is 0 Å². The first-order chi connectivity index (χ1) is 10.1. The van der Waals surface area contributed by atoms with E-state index in [2.05, 4.69) is 71.5 Å². The lowest BCUT2D eigenvalue weighted by molar-refractivity contribution is 0.334. The molecule has 2 nitrogen and oxygen atoms in total. The summed E-state index contributed by atoms with van der Waals surface area (Å²) in [5.41, 5.74) is 4.90. The molecule has 2 aromatic rings. The van der Waals surface area contributed by atoms with Crippen molar-refractivity contribution in [3.05, 3.63) is 63.1 Å². The molecule has 2 aromatic carbocycles. The van der Waals surface area contributed by atoms with Crippen molar-refractivity contribution >= 4 is 15.9 Å². The van der Waals surface area contributed by atoms with Gasteiger partial charge in [0.2, 0.25) is 0 Å². The number of ether oxygens (including phenoxy) is 1. The minimum Gasteiger partial charge on any atom is -0.494 e.